The van der Waals surface area contributed by atoms with E-state index in [1.165, 1.54) is 18.3 Å². The van der Waals surface area contributed by atoms with Crippen LogP contribution in [0.15, 0.2) is 24.3 Å². The van der Waals surface area contributed by atoms with Crippen LogP contribution < -0.4 is 10.6 Å². The largest absolute Gasteiger partial charge is 0.337 e. The van der Waals surface area contributed by atoms with Gasteiger partial charge in [-0.25, -0.2) is 4.98 Å². The molecule has 3 rings (SSSR count). The maximum atomic E-state index is 12.5. The lowest BCUT2D eigenvalue weighted by Crippen LogP contribution is -2.36. The molecule has 1 aromatic heterocycles. The maximum absolute atomic E-state index is 12.5. The third-order valence-corrected chi connectivity index (χ3v) is 5.33. The Bertz CT molecular complexity index is 907. The van der Waals surface area contributed by atoms with E-state index in [2.05, 4.69) is 15.6 Å². The number of hydrogen-bond acceptors (Lipinski definition) is 5. The Morgan fingerprint density at radius 1 is 1.25 bits per heavy atom. The van der Waals surface area contributed by atoms with Crippen molar-refractivity contribution in [3.8, 4) is 0 Å². The number of carbonyl (C=O) groups is 3. The van der Waals surface area contributed by atoms with Crippen molar-refractivity contribution in [2.45, 2.75) is 40.2 Å². The highest BCUT2D eigenvalue weighted by atomic mass is 32.1. The summed E-state index contributed by atoms with van der Waals surface area (Å²) < 4.78 is 0. The van der Waals surface area contributed by atoms with Gasteiger partial charge in [0.1, 0.15) is 0 Å². The van der Waals surface area contributed by atoms with Crippen LogP contribution in [0.5, 0.6) is 0 Å². The minimum absolute atomic E-state index is 0.162. The van der Waals surface area contributed by atoms with Crippen LogP contribution >= 0.6 is 11.3 Å². The third kappa shape index (κ3) is 4.95. The summed E-state index contributed by atoms with van der Waals surface area (Å²) in [5.41, 5.74) is 1.95. The highest BCUT2D eigenvalue weighted by Gasteiger charge is 2.25. The molecule has 0 unspecified atom stereocenters. The zero-order chi connectivity index (χ0) is 20.3. The number of benzene rings is 1. The van der Waals surface area contributed by atoms with Crippen LogP contribution in [0.25, 0.3) is 0 Å². The monoisotopic (exact) mass is 400 g/mol. The van der Waals surface area contributed by atoms with E-state index in [0.717, 1.165) is 10.6 Å². The van der Waals surface area contributed by atoms with Crippen molar-refractivity contribution in [2.75, 3.05) is 17.2 Å². The Hall–Kier alpha value is -2.74. The molecule has 1 aromatic carbocycles. The smallest absolute Gasteiger partial charge is 0.257 e. The van der Waals surface area contributed by atoms with Crippen LogP contribution in [0.1, 0.15) is 48.1 Å². The van der Waals surface area contributed by atoms with Crippen LogP contribution in [0, 0.1) is 5.92 Å². The second kappa shape index (κ2) is 8.52. The van der Waals surface area contributed by atoms with Crippen molar-refractivity contribution in [3.05, 3.63) is 40.4 Å². The van der Waals surface area contributed by atoms with E-state index in [9.17, 15) is 14.4 Å². The Balaban J connectivity index is 1.67. The second-order valence-corrected chi connectivity index (χ2v) is 8.35. The lowest BCUT2D eigenvalue weighted by molar-refractivity contribution is -0.132. The molecule has 2 aromatic rings. The molecule has 0 saturated carbocycles. The van der Waals surface area contributed by atoms with Crippen molar-refractivity contribution in [1.29, 1.82) is 0 Å². The zero-order valence-electron chi connectivity index (χ0n) is 16.2. The van der Waals surface area contributed by atoms with Crippen LogP contribution in [0.3, 0.4) is 0 Å². The molecule has 8 heteroatoms. The first-order valence-electron chi connectivity index (χ1n) is 9.27. The lowest BCUT2D eigenvalue weighted by atomic mass is 10.1. The van der Waals surface area contributed by atoms with Crippen molar-refractivity contribution < 1.29 is 14.4 Å². The van der Waals surface area contributed by atoms with Gasteiger partial charge in [0.25, 0.3) is 5.91 Å². The molecule has 1 aliphatic rings. The summed E-state index contributed by atoms with van der Waals surface area (Å²) in [7, 11) is 0. The SMILES string of the molecule is CC(=O)Nc1cccc(C(=O)Nc2nc3c(s2)CN(C(=O)CC(C)C)CC3)c1. The molecule has 1 aliphatic heterocycles. The number of hydrogen-bond donors (Lipinski definition) is 2. The maximum Gasteiger partial charge on any atom is 0.257 e. The zero-order valence-corrected chi connectivity index (χ0v) is 17.1. The van der Waals surface area contributed by atoms with Gasteiger partial charge in [-0.15, -0.1) is 0 Å². The fraction of sp³-hybridized carbons (Fsp3) is 0.400. The minimum Gasteiger partial charge on any atom is -0.337 e. The molecule has 2 N–H and O–H groups in total. The van der Waals surface area contributed by atoms with Gasteiger partial charge in [-0.1, -0.05) is 31.3 Å². The van der Waals surface area contributed by atoms with Crippen LogP contribution in [-0.2, 0) is 22.6 Å². The molecule has 0 radical (unpaired) electrons. The van der Waals surface area contributed by atoms with Crippen molar-refractivity contribution >= 4 is 39.9 Å². The van der Waals surface area contributed by atoms with Crippen LogP contribution in [0.2, 0.25) is 0 Å². The Morgan fingerprint density at radius 2 is 2.04 bits per heavy atom. The number of aromatic nitrogens is 1. The van der Waals surface area contributed by atoms with Gasteiger partial charge in [-0.05, 0) is 24.1 Å². The number of anilines is 2. The molecule has 7 nitrogen and oxygen atoms in total. The number of nitrogens with zero attached hydrogens (tertiary/aromatic N) is 2. The first-order chi connectivity index (χ1) is 13.3. The van der Waals surface area contributed by atoms with E-state index in [-0.39, 0.29) is 17.7 Å². The third-order valence-electron chi connectivity index (χ3n) is 4.33. The first-order valence-corrected chi connectivity index (χ1v) is 10.1. The fourth-order valence-corrected chi connectivity index (χ4v) is 4.07. The van der Waals surface area contributed by atoms with Gasteiger partial charge in [-0.3, -0.25) is 19.7 Å². The first kappa shape index (κ1) is 20.0. The average molecular weight is 401 g/mol. The van der Waals surface area contributed by atoms with Crippen molar-refractivity contribution in [2.24, 2.45) is 5.92 Å². The molecular formula is C20H24N4O3S. The highest BCUT2D eigenvalue weighted by Crippen LogP contribution is 2.29. The predicted octanol–water partition coefficient (Wildman–Crippen LogP) is 3.28. The number of rotatable bonds is 5. The molecule has 0 atom stereocenters. The molecule has 3 amide bonds. The molecule has 0 bridgehead atoms. The Labute approximate surface area is 168 Å². The normalized spacial score (nSPS) is 13.2. The van der Waals surface area contributed by atoms with Gasteiger partial charge in [0.2, 0.25) is 11.8 Å². The summed E-state index contributed by atoms with van der Waals surface area (Å²) >= 11 is 1.41. The van der Waals surface area contributed by atoms with Gasteiger partial charge in [0.05, 0.1) is 12.2 Å². The Kier molecular flexibility index (Phi) is 6.08. The minimum atomic E-state index is -0.286. The molecule has 0 fully saturated rings. The van der Waals surface area contributed by atoms with E-state index >= 15 is 0 Å². The van der Waals surface area contributed by atoms with Crippen LogP contribution in [0.4, 0.5) is 10.8 Å². The molecular weight excluding hydrogens is 376 g/mol. The molecule has 28 heavy (non-hydrogen) atoms. The van der Waals surface area contributed by atoms with Crippen LogP contribution in [-0.4, -0.2) is 34.2 Å². The molecule has 0 aliphatic carbocycles. The summed E-state index contributed by atoms with van der Waals surface area (Å²) in [4.78, 5) is 43.4. The van der Waals surface area contributed by atoms with Gasteiger partial charge in [0.15, 0.2) is 5.13 Å². The van der Waals surface area contributed by atoms with Crippen molar-refractivity contribution in [1.82, 2.24) is 9.88 Å². The summed E-state index contributed by atoms with van der Waals surface area (Å²) in [6.07, 6.45) is 1.24. The van der Waals surface area contributed by atoms with E-state index < -0.39 is 0 Å². The molecule has 0 spiro atoms. The number of thiazole rings is 1. The molecule has 2 heterocycles. The molecule has 0 saturated heterocycles. The highest BCUT2D eigenvalue weighted by molar-refractivity contribution is 7.15. The molecule has 148 valence electrons. The average Bonchev–Trinajstić information content (AvgIpc) is 3.02. The van der Waals surface area contributed by atoms with E-state index in [1.54, 1.807) is 24.3 Å². The second-order valence-electron chi connectivity index (χ2n) is 7.27. The summed E-state index contributed by atoms with van der Waals surface area (Å²) in [6, 6.07) is 6.74. The standard InChI is InChI=1S/C20H24N4O3S/c1-12(2)9-18(26)24-8-7-16-17(11-24)28-20(22-16)23-19(27)14-5-4-6-15(10-14)21-13(3)25/h4-6,10,12H,7-9,11H2,1-3H3,(H,21,25)(H,22,23,27). The summed E-state index contributed by atoms with van der Waals surface area (Å²) in [5.74, 6) is 0.0145. The summed E-state index contributed by atoms with van der Waals surface area (Å²) in [6.45, 7) is 6.70. The quantitative estimate of drug-likeness (QED) is 0.806. The summed E-state index contributed by atoms with van der Waals surface area (Å²) in [5, 5.41) is 6.01. The van der Waals surface area contributed by atoms with Gasteiger partial charge >= 0.3 is 0 Å². The Morgan fingerprint density at radius 3 is 2.75 bits per heavy atom. The van der Waals surface area contributed by atoms with Gasteiger partial charge < -0.3 is 10.2 Å². The van der Waals surface area contributed by atoms with E-state index in [1.807, 2.05) is 18.7 Å². The fourth-order valence-electron chi connectivity index (χ4n) is 3.05. The number of amides is 3. The number of carbonyl (C=O) groups excluding carboxylic acids is 3. The number of fused-ring (bicyclic) bond motifs is 1. The van der Waals surface area contributed by atoms with E-state index in [0.29, 0.717) is 48.2 Å². The van der Waals surface area contributed by atoms with E-state index in [4.69, 9.17) is 0 Å². The topological polar surface area (TPSA) is 91.4 Å². The van der Waals surface area contributed by atoms with Gasteiger partial charge in [0, 0.05) is 42.4 Å². The predicted molar refractivity (Wildman–Crippen MR) is 109 cm³/mol. The van der Waals surface area contributed by atoms with Gasteiger partial charge in [-0.2, -0.15) is 0 Å². The number of nitrogens with one attached hydrogen (secondary N) is 2. The van der Waals surface area contributed by atoms with Crippen molar-refractivity contribution in [3.63, 3.8) is 0 Å². The lowest BCUT2D eigenvalue weighted by Gasteiger charge is -2.26.